The van der Waals surface area contributed by atoms with Gasteiger partial charge in [-0.05, 0) is 55.3 Å². The van der Waals surface area contributed by atoms with Gasteiger partial charge in [-0.3, -0.25) is 0 Å². The third-order valence-corrected chi connectivity index (χ3v) is 4.57. The highest BCUT2D eigenvalue weighted by Crippen LogP contribution is 2.34. The molecule has 0 saturated carbocycles. The first kappa shape index (κ1) is 20.0. The Morgan fingerprint density at radius 1 is 0.964 bits per heavy atom. The molecule has 0 aliphatic rings. The maximum atomic E-state index is 13.0. The fraction of sp³-hybridized carbons (Fsp3) is 0.217. The summed E-state index contributed by atoms with van der Waals surface area (Å²) in [6.07, 6.45) is 0. The van der Waals surface area contributed by atoms with E-state index < -0.39 is 0 Å². The van der Waals surface area contributed by atoms with Crippen LogP contribution in [0.4, 0.5) is 10.1 Å². The zero-order valence-electron chi connectivity index (χ0n) is 16.0. The van der Waals surface area contributed by atoms with Crippen LogP contribution in [0.15, 0.2) is 60.7 Å². The second kappa shape index (κ2) is 9.47. The van der Waals surface area contributed by atoms with Crippen LogP contribution in [0.1, 0.15) is 23.6 Å². The topological polar surface area (TPSA) is 30.5 Å². The summed E-state index contributed by atoms with van der Waals surface area (Å²) in [7, 11) is 0. The average molecular weight is 400 g/mol. The molecule has 0 aliphatic carbocycles. The number of ether oxygens (including phenoxy) is 2. The van der Waals surface area contributed by atoms with E-state index in [-0.39, 0.29) is 5.82 Å². The Labute approximate surface area is 170 Å². The number of nitrogens with one attached hydrogen (secondary N) is 1. The second-order valence-electron chi connectivity index (χ2n) is 6.46. The zero-order valence-corrected chi connectivity index (χ0v) is 16.7. The Hall–Kier alpha value is -2.72. The van der Waals surface area contributed by atoms with E-state index in [4.69, 9.17) is 21.1 Å². The van der Waals surface area contributed by atoms with Crippen molar-refractivity contribution in [3.05, 3.63) is 88.2 Å². The zero-order chi connectivity index (χ0) is 19.9. The molecule has 0 amide bonds. The van der Waals surface area contributed by atoms with Crippen molar-refractivity contribution < 1.29 is 13.9 Å². The highest BCUT2D eigenvalue weighted by molar-refractivity contribution is 6.31. The van der Waals surface area contributed by atoms with Crippen LogP contribution in [0.3, 0.4) is 0 Å². The Morgan fingerprint density at radius 2 is 1.71 bits per heavy atom. The van der Waals surface area contributed by atoms with E-state index in [1.807, 2.05) is 25.1 Å². The summed E-state index contributed by atoms with van der Waals surface area (Å²) in [5.74, 6) is 0.992. The molecule has 0 saturated heterocycles. The molecule has 3 aromatic rings. The molecule has 0 bridgehead atoms. The molecule has 0 spiro atoms. The van der Waals surface area contributed by atoms with Gasteiger partial charge in [0, 0.05) is 23.3 Å². The number of benzene rings is 3. The monoisotopic (exact) mass is 399 g/mol. The fourth-order valence-electron chi connectivity index (χ4n) is 2.82. The molecule has 146 valence electrons. The van der Waals surface area contributed by atoms with Crippen LogP contribution in [0.2, 0.25) is 5.02 Å². The normalized spacial score (nSPS) is 10.6. The van der Waals surface area contributed by atoms with Gasteiger partial charge in [0.1, 0.15) is 12.4 Å². The number of hydrogen-bond acceptors (Lipinski definition) is 3. The number of halogens is 2. The molecule has 0 aliphatic heterocycles. The first-order valence-electron chi connectivity index (χ1n) is 9.18. The van der Waals surface area contributed by atoms with E-state index in [2.05, 4.69) is 24.4 Å². The predicted molar refractivity (Wildman–Crippen MR) is 112 cm³/mol. The van der Waals surface area contributed by atoms with Gasteiger partial charge in [0.05, 0.1) is 6.61 Å². The van der Waals surface area contributed by atoms with Gasteiger partial charge >= 0.3 is 0 Å². The van der Waals surface area contributed by atoms with Crippen molar-refractivity contribution in [1.82, 2.24) is 0 Å². The van der Waals surface area contributed by atoms with E-state index in [0.717, 1.165) is 16.8 Å². The molecule has 5 heteroatoms. The van der Waals surface area contributed by atoms with Gasteiger partial charge in [-0.25, -0.2) is 4.39 Å². The van der Waals surface area contributed by atoms with E-state index in [9.17, 15) is 4.39 Å². The Balaban J connectivity index is 1.74. The molecular weight excluding hydrogens is 377 g/mol. The van der Waals surface area contributed by atoms with Gasteiger partial charge in [-0.15, -0.1) is 0 Å². The first-order valence-corrected chi connectivity index (χ1v) is 9.56. The van der Waals surface area contributed by atoms with Crippen molar-refractivity contribution in [1.29, 1.82) is 0 Å². The molecule has 0 unspecified atom stereocenters. The van der Waals surface area contributed by atoms with Gasteiger partial charge in [0.25, 0.3) is 0 Å². The Kier molecular flexibility index (Phi) is 6.77. The summed E-state index contributed by atoms with van der Waals surface area (Å²) >= 11 is 6.46. The van der Waals surface area contributed by atoms with E-state index in [0.29, 0.717) is 36.3 Å². The smallest absolute Gasteiger partial charge is 0.163 e. The molecule has 28 heavy (non-hydrogen) atoms. The van der Waals surface area contributed by atoms with Crippen LogP contribution in [0.25, 0.3) is 0 Å². The summed E-state index contributed by atoms with van der Waals surface area (Å²) in [5, 5.41) is 3.82. The maximum absolute atomic E-state index is 13.0. The Morgan fingerprint density at radius 3 is 2.43 bits per heavy atom. The summed E-state index contributed by atoms with van der Waals surface area (Å²) in [5.41, 5.74) is 3.96. The largest absolute Gasteiger partial charge is 0.490 e. The average Bonchev–Trinajstić information content (AvgIpc) is 2.68. The van der Waals surface area contributed by atoms with Gasteiger partial charge in [0.15, 0.2) is 11.5 Å². The van der Waals surface area contributed by atoms with Crippen molar-refractivity contribution >= 4 is 17.3 Å². The number of hydrogen-bond donors (Lipinski definition) is 1. The lowest BCUT2D eigenvalue weighted by Crippen LogP contribution is -2.04. The fourth-order valence-corrected chi connectivity index (χ4v) is 3.04. The quantitative estimate of drug-likeness (QED) is 0.477. The molecule has 3 aromatic carbocycles. The van der Waals surface area contributed by atoms with E-state index >= 15 is 0 Å². The summed E-state index contributed by atoms with van der Waals surface area (Å²) in [4.78, 5) is 0. The van der Waals surface area contributed by atoms with E-state index in [1.165, 1.54) is 17.7 Å². The lowest BCUT2D eigenvalue weighted by Gasteiger charge is -2.16. The molecule has 0 atom stereocenters. The number of anilines is 1. The van der Waals surface area contributed by atoms with E-state index in [1.54, 1.807) is 18.2 Å². The van der Waals surface area contributed by atoms with Crippen molar-refractivity contribution in [2.45, 2.75) is 27.0 Å². The molecule has 3 nitrogen and oxygen atoms in total. The molecule has 1 N–H and O–H groups in total. The van der Waals surface area contributed by atoms with Crippen LogP contribution in [-0.4, -0.2) is 6.61 Å². The first-order chi connectivity index (χ1) is 13.5. The Bertz CT molecular complexity index is 928. The van der Waals surface area contributed by atoms with Crippen molar-refractivity contribution in [3.63, 3.8) is 0 Å². The minimum absolute atomic E-state index is 0.266. The minimum atomic E-state index is -0.266. The molecule has 3 rings (SSSR count). The molecule has 0 fully saturated rings. The predicted octanol–water partition coefficient (Wildman–Crippen LogP) is 6.38. The minimum Gasteiger partial charge on any atom is -0.490 e. The van der Waals surface area contributed by atoms with Crippen LogP contribution < -0.4 is 14.8 Å². The number of rotatable bonds is 8. The van der Waals surface area contributed by atoms with Gasteiger partial charge in [-0.2, -0.15) is 0 Å². The standard InChI is InChI=1S/C23H23ClFNO2/c1-3-27-22-12-18(14-26-20-9-7-19(25)8-10-20)21(24)13-23(22)28-15-17-6-4-5-16(2)11-17/h4-13,26H,3,14-15H2,1-2H3. The summed E-state index contributed by atoms with van der Waals surface area (Å²) < 4.78 is 24.8. The maximum Gasteiger partial charge on any atom is 0.163 e. The van der Waals surface area contributed by atoms with Crippen molar-refractivity contribution in [2.24, 2.45) is 0 Å². The second-order valence-corrected chi connectivity index (χ2v) is 6.87. The molecule has 0 heterocycles. The van der Waals surface area contributed by atoms with Crippen molar-refractivity contribution in [2.75, 3.05) is 11.9 Å². The van der Waals surface area contributed by atoms with Crippen LogP contribution in [0, 0.1) is 12.7 Å². The van der Waals surface area contributed by atoms with Crippen LogP contribution in [0.5, 0.6) is 11.5 Å². The van der Waals surface area contributed by atoms with Gasteiger partial charge < -0.3 is 14.8 Å². The lowest BCUT2D eigenvalue weighted by atomic mass is 10.1. The molecule has 0 aromatic heterocycles. The summed E-state index contributed by atoms with van der Waals surface area (Å²) in [6, 6.07) is 18.0. The third kappa shape index (κ3) is 5.40. The van der Waals surface area contributed by atoms with Crippen LogP contribution in [-0.2, 0) is 13.2 Å². The third-order valence-electron chi connectivity index (χ3n) is 4.22. The molecule has 0 radical (unpaired) electrons. The number of aryl methyl sites for hydroxylation is 1. The molecular formula is C23H23ClFNO2. The van der Waals surface area contributed by atoms with Gasteiger partial charge in [-0.1, -0.05) is 41.4 Å². The van der Waals surface area contributed by atoms with Crippen LogP contribution >= 0.6 is 11.6 Å². The highest BCUT2D eigenvalue weighted by Gasteiger charge is 2.12. The highest BCUT2D eigenvalue weighted by atomic mass is 35.5. The van der Waals surface area contributed by atoms with Gasteiger partial charge in [0.2, 0.25) is 0 Å². The SMILES string of the molecule is CCOc1cc(CNc2ccc(F)cc2)c(Cl)cc1OCc1cccc(C)c1. The summed E-state index contributed by atoms with van der Waals surface area (Å²) in [6.45, 7) is 5.42. The van der Waals surface area contributed by atoms with Crippen molar-refractivity contribution in [3.8, 4) is 11.5 Å². The lowest BCUT2D eigenvalue weighted by molar-refractivity contribution is 0.269.